The number of halogens is 4. The van der Waals surface area contributed by atoms with Crippen LogP contribution < -0.4 is 15.4 Å². The zero-order chi connectivity index (χ0) is 21.4. The molecule has 1 aromatic heterocycles. The van der Waals surface area contributed by atoms with Crippen LogP contribution in [-0.2, 0) is 12.7 Å². The van der Waals surface area contributed by atoms with Crippen LogP contribution in [-0.4, -0.2) is 55.2 Å². The van der Waals surface area contributed by atoms with Crippen molar-refractivity contribution in [2.24, 2.45) is 4.99 Å². The van der Waals surface area contributed by atoms with Gasteiger partial charge in [0.25, 0.3) is 0 Å². The van der Waals surface area contributed by atoms with Gasteiger partial charge in [-0.15, -0.1) is 24.0 Å². The number of likely N-dealkylation sites (tertiary alicyclic amines) is 1. The number of nitrogens with zero attached hydrogens (tertiary/aromatic N) is 3. The van der Waals surface area contributed by atoms with E-state index in [0.717, 1.165) is 43.0 Å². The monoisotopic (exact) mass is 549 g/mol. The van der Waals surface area contributed by atoms with Gasteiger partial charge < -0.3 is 15.4 Å². The molecule has 1 unspecified atom stereocenters. The van der Waals surface area contributed by atoms with Crippen molar-refractivity contribution >= 4 is 29.9 Å². The van der Waals surface area contributed by atoms with Crippen LogP contribution in [0.3, 0.4) is 0 Å². The number of aliphatic imine (C=N–C) groups is 1. The molecule has 0 saturated carbocycles. The number of hydrogen-bond donors (Lipinski definition) is 2. The number of pyridine rings is 1. The van der Waals surface area contributed by atoms with Crippen LogP contribution in [0.4, 0.5) is 13.2 Å². The van der Waals surface area contributed by atoms with Gasteiger partial charge in [0, 0.05) is 38.9 Å². The molecule has 31 heavy (non-hydrogen) atoms. The van der Waals surface area contributed by atoms with Crippen molar-refractivity contribution in [3.05, 3.63) is 59.9 Å². The molecule has 1 aliphatic heterocycles. The predicted molar refractivity (Wildman–Crippen MR) is 125 cm³/mol. The molecule has 0 bridgehead atoms. The molecule has 170 valence electrons. The Balaban J connectivity index is 0.00000341. The Morgan fingerprint density at radius 2 is 2.03 bits per heavy atom. The lowest BCUT2D eigenvalue weighted by molar-refractivity contribution is -0.137. The van der Waals surface area contributed by atoms with Crippen LogP contribution in [0.1, 0.15) is 17.5 Å². The zero-order valence-corrected chi connectivity index (χ0v) is 19.6. The van der Waals surface area contributed by atoms with E-state index in [1.807, 2.05) is 12.1 Å². The summed E-state index contributed by atoms with van der Waals surface area (Å²) in [5, 5.41) is 6.61. The van der Waals surface area contributed by atoms with Crippen LogP contribution >= 0.6 is 24.0 Å². The Labute approximate surface area is 197 Å². The van der Waals surface area contributed by atoms with Crippen molar-refractivity contribution in [2.75, 3.05) is 33.3 Å². The lowest BCUT2D eigenvalue weighted by atomic mass is 10.1. The molecule has 0 spiro atoms. The number of benzene rings is 1. The molecule has 2 aromatic rings. The summed E-state index contributed by atoms with van der Waals surface area (Å²) in [6.07, 6.45) is -0.00317. The fourth-order valence-corrected chi connectivity index (χ4v) is 3.31. The Kier molecular flexibility index (Phi) is 9.82. The zero-order valence-electron chi connectivity index (χ0n) is 17.2. The summed E-state index contributed by atoms with van der Waals surface area (Å²) in [6.45, 7) is 3.38. The molecule has 1 atom stereocenters. The summed E-state index contributed by atoms with van der Waals surface area (Å²) in [4.78, 5) is 10.5. The number of rotatable bonds is 7. The Morgan fingerprint density at radius 3 is 2.68 bits per heavy atom. The average molecular weight is 549 g/mol. The molecule has 1 saturated heterocycles. The fourth-order valence-electron chi connectivity index (χ4n) is 3.31. The number of guanidine groups is 1. The number of nitrogens with one attached hydrogen (secondary N) is 2. The molecular formula is C21H27F3IN5O. The minimum Gasteiger partial charge on any atom is -0.490 e. The predicted octanol–water partition coefficient (Wildman–Crippen LogP) is 3.54. The second kappa shape index (κ2) is 12.1. The SMILES string of the molecule is CN=C(NCCOc1cccnc1)NC1CCN(Cc2ccc(C(F)(F)F)cc2)C1.I. The normalized spacial score (nSPS) is 17.2. The topological polar surface area (TPSA) is 61.8 Å². The van der Waals surface area contributed by atoms with Crippen molar-refractivity contribution in [3.8, 4) is 5.75 Å². The molecule has 1 aromatic carbocycles. The van der Waals surface area contributed by atoms with Gasteiger partial charge in [0.05, 0.1) is 18.3 Å². The van der Waals surface area contributed by atoms with Crippen molar-refractivity contribution in [3.63, 3.8) is 0 Å². The van der Waals surface area contributed by atoms with Gasteiger partial charge in [0.2, 0.25) is 0 Å². The van der Waals surface area contributed by atoms with Gasteiger partial charge in [-0.2, -0.15) is 13.2 Å². The van der Waals surface area contributed by atoms with E-state index in [4.69, 9.17) is 4.74 Å². The Morgan fingerprint density at radius 1 is 1.26 bits per heavy atom. The lowest BCUT2D eigenvalue weighted by Crippen LogP contribution is -2.45. The minimum absolute atomic E-state index is 0. The van der Waals surface area contributed by atoms with Crippen molar-refractivity contribution in [2.45, 2.75) is 25.2 Å². The molecule has 10 heteroatoms. The van der Waals surface area contributed by atoms with Crippen LogP contribution in [0.15, 0.2) is 53.8 Å². The molecule has 1 aliphatic rings. The second-order valence-corrected chi connectivity index (χ2v) is 7.10. The summed E-state index contributed by atoms with van der Waals surface area (Å²) >= 11 is 0. The molecule has 0 aliphatic carbocycles. The van der Waals surface area contributed by atoms with E-state index in [0.29, 0.717) is 25.7 Å². The van der Waals surface area contributed by atoms with Gasteiger partial charge >= 0.3 is 6.18 Å². The van der Waals surface area contributed by atoms with Crippen molar-refractivity contribution in [1.82, 2.24) is 20.5 Å². The van der Waals surface area contributed by atoms with E-state index in [9.17, 15) is 13.2 Å². The minimum atomic E-state index is -4.30. The highest BCUT2D eigenvalue weighted by molar-refractivity contribution is 14.0. The number of ether oxygens (including phenoxy) is 1. The molecule has 3 rings (SSSR count). The molecule has 0 amide bonds. The van der Waals surface area contributed by atoms with Crippen LogP contribution in [0.2, 0.25) is 0 Å². The molecule has 2 N–H and O–H groups in total. The van der Waals surface area contributed by atoms with Gasteiger partial charge in [-0.05, 0) is 36.2 Å². The third kappa shape index (κ3) is 8.17. The van der Waals surface area contributed by atoms with E-state index in [1.165, 1.54) is 0 Å². The summed E-state index contributed by atoms with van der Waals surface area (Å²) in [7, 11) is 1.71. The highest BCUT2D eigenvalue weighted by Crippen LogP contribution is 2.29. The van der Waals surface area contributed by atoms with E-state index in [1.54, 1.807) is 31.6 Å². The largest absolute Gasteiger partial charge is 0.490 e. The molecular weight excluding hydrogens is 522 g/mol. The van der Waals surface area contributed by atoms with E-state index in [-0.39, 0.29) is 30.0 Å². The van der Waals surface area contributed by atoms with Gasteiger partial charge in [0.1, 0.15) is 12.4 Å². The standard InChI is InChI=1S/C21H26F3N5O.HI/c1-25-20(27-10-12-30-19-3-2-9-26-13-19)28-18-8-11-29(15-18)14-16-4-6-17(7-5-16)21(22,23)24;/h2-7,9,13,18H,8,10-12,14-15H2,1H3,(H2,25,27,28);1H. The van der Waals surface area contributed by atoms with Gasteiger partial charge in [-0.25, -0.2) is 0 Å². The quantitative estimate of drug-likeness (QED) is 0.240. The third-order valence-electron chi connectivity index (χ3n) is 4.82. The Bertz CT molecular complexity index is 818. The number of alkyl halides is 3. The maximum Gasteiger partial charge on any atom is 0.416 e. The molecule has 2 heterocycles. The van der Waals surface area contributed by atoms with Crippen LogP contribution in [0, 0.1) is 0 Å². The molecule has 6 nitrogen and oxygen atoms in total. The van der Waals surface area contributed by atoms with Crippen molar-refractivity contribution in [1.29, 1.82) is 0 Å². The van der Waals surface area contributed by atoms with Crippen LogP contribution in [0.25, 0.3) is 0 Å². The summed E-state index contributed by atoms with van der Waals surface area (Å²) in [5.41, 5.74) is 0.258. The van der Waals surface area contributed by atoms with Gasteiger partial charge in [0.15, 0.2) is 5.96 Å². The summed E-state index contributed by atoms with van der Waals surface area (Å²) in [5.74, 6) is 1.42. The molecule has 0 radical (unpaired) electrons. The third-order valence-corrected chi connectivity index (χ3v) is 4.82. The summed E-state index contributed by atoms with van der Waals surface area (Å²) < 4.78 is 43.6. The van der Waals surface area contributed by atoms with E-state index >= 15 is 0 Å². The first-order valence-corrected chi connectivity index (χ1v) is 9.82. The lowest BCUT2D eigenvalue weighted by Gasteiger charge is -2.19. The Hall–Kier alpha value is -2.08. The smallest absolute Gasteiger partial charge is 0.416 e. The number of aromatic nitrogens is 1. The van der Waals surface area contributed by atoms with E-state index < -0.39 is 11.7 Å². The average Bonchev–Trinajstić information content (AvgIpc) is 3.17. The highest BCUT2D eigenvalue weighted by atomic mass is 127. The highest BCUT2D eigenvalue weighted by Gasteiger charge is 2.30. The first-order valence-electron chi connectivity index (χ1n) is 9.82. The van der Waals surface area contributed by atoms with Gasteiger partial charge in [-0.3, -0.25) is 14.9 Å². The first-order chi connectivity index (χ1) is 14.4. The van der Waals surface area contributed by atoms with E-state index in [2.05, 4.69) is 25.5 Å². The fraction of sp³-hybridized carbons (Fsp3) is 0.429. The van der Waals surface area contributed by atoms with Crippen molar-refractivity contribution < 1.29 is 17.9 Å². The second-order valence-electron chi connectivity index (χ2n) is 7.10. The van der Waals surface area contributed by atoms with Gasteiger partial charge in [-0.1, -0.05) is 12.1 Å². The summed E-state index contributed by atoms with van der Waals surface area (Å²) in [6, 6.07) is 9.27. The number of hydrogen-bond acceptors (Lipinski definition) is 4. The van der Waals surface area contributed by atoms with Crippen LogP contribution in [0.5, 0.6) is 5.75 Å². The first kappa shape index (κ1) is 25.2. The maximum absolute atomic E-state index is 12.7. The molecule has 1 fully saturated rings. The maximum atomic E-state index is 12.7.